The Bertz CT molecular complexity index is 541. The van der Waals surface area contributed by atoms with E-state index in [1.165, 1.54) is 0 Å². The van der Waals surface area contributed by atoms with Crippen molar-refractivity contribution in [2.75, 3.05) is 0 Å². The van der Waals surface area contributed by atoms with Crippen molar-refractivity contribution in [1.29, 1.82) is 0 Å². The zero-order valence-corrected chi connectivity index (χ0v) is 11.4. The lowest BCUT2D eigenvalue weighted by atomic mass is 10.1. The fraction of sp³-hybridized carbons (Fsp3) is 0.333. The molecule has 0 fully saturated rings. The summed E-state index contributed by atoms with van der Waals surface area (Å²) in [6.07, 6.45) is 0.304. The van der Waals surface area contributed by atoms with E-state index in [9.17, 15) is 4.79 Å². The molecule has 1 aromatic carbocycles. The molecule has 0 aliphatic rings. The smallest absolute Gasteiger partial charge is 0.225 e. The molecule has 19 heavy (non-hydrogen) atoms. The number of hydrogen-bond donors (Lipinski definition) is 1. The van der Waals surface area contributed by atoms with Crippen molar-refractivity contribution >= 4 is 5.91 Å². The molecule has 0 bridgehead atoms. The van der Waals surface area contributed by atoms with Crippen LogP contribution in [0.15, 0.2) is 34.9 Å². The molecule has 1 heterocycles. The summed E-state index contributed by atoms with van der Waals surface area (Å²) in [4.78, 5) is 12.0. The van der Waals surface area contributed by atoms with Crippen LogP contribution in [0.4, 0.5) is 0 Å². The number of carbonyl (C=O) groups excluding carboxylic acids is 1. The fourth-order valence-electron chi connectivity index (χ4n) is 2.03. The Morgan fingerprint density at radius 1 is 1.32 bits per heavy atom. The Labute approximate surface area is 112 Å². The molecular weight excluding hydrogens is 240 g/mol. The number of hydrogen-bond acceptors (Lipinski definition) is 3. The van der Waals surface area contributed by atoms with Gasteiger partial charge in [0, 0.05) is 5.56 Å². The number of nitrogens with zero attached hydrogens (tertiary/aromatic N) is 1. The van der Waals surface area contributed by atoms with E-state index >= 15 is 0 Å². The lowest BCUT2D eigenvalue weighted by Crippen LogP contribution is -2.28. The largest absolute Gasteiger partial charge is 0.361 e. The van der Waals surface area contributed by atoms with Gasteiger partial charge in [0.1, 0.15) is 5.76 Å². The van der Waals surface area contributed by atoms with Crippen LogP contribution in [0.1, 0.15) is 35.5 Å². The van der Waals surface area contributed by atoms with Gasteiger partial charge in [0.2, 0.25) is 5.91 Å². The standard InChI is InChI=1S/C15H18N2O2/c1-10(13-7-5-4-6-8-13)16-15(18)9-14-11(2)17-19-12(14)3/h4-8,10H,9H2,1-3H3,(H,16,18)/t10-/m1/s1. The molecule has 2 aromatic rings. The molecule has 0 spiro atoms. The fourth-order valence-corrected chi connectivity index (χ4v) is 2.03. The maximum absolute atomic E-state index is 12.0. The van der Waals surface area contributed by atoms with Crippen molar-refractivity contribution in [2.45, 2.75) is 33.2 Å². The van der Waals surface area contributed by atoms with Gasteiger partial charge in [-0.3, -0.25) is 4.79 Å². The third kappa shape index (κ3) is 3.22. The van der Waals surface area contributed by atoms with E-state index in [0.29, 0.717) is 12.2 Å². The van der Waals surface area contributed by atoms with Crippen molar-refractivity contribution in [3.05, 3.63) is 52.9 Å². The Morgan fingerprint density at radius 3 is 2.58 bits per heavy atom. The van der Waals surface area contributed by atoms with Crippen molar-refractivity contribution in [2.24, 2.45) is 0 Å². The van der Waals surface area contributed by atoms with Gasteiger partial charge < -0.3 is 9.84 Å². The van der Waals surface area contributed by atoms with E-state index < -0.39 is 0 Å². The first-order valence-electron chi connectivity index (χ1n) is 6.34. The monoisotopic (exact) mass is 258 g/mol. The van der Waals surface area contributed by atoms with Crippen LogP contribution in [0.3, 0.4) is 0 Å². The van der Waals surface area contributed by atoms with Crippen molar-refractivity contribution < 1.29 is 9.32 Å². The minimum Gasteiger partial charge on any atom is -0.361 e. The lowest BCUT2D eigenvalue weighted by molar-refractivity contribution is -0.121. The summed E-state index contributed by atoms with van der Waals surface area (Å²) >= 11 is 0. The highest BCUT2D eigenvalue weighted by Gasteiger charge is 2.15. The zero-order valence-electron chi connectivity index (χ0n) is 11.4. The van der Waals surface area contributed by atoms with Crippen LogP contribution in [0.25, 0.3) is 0 Å². The Hall–Kier alpha value is -2.10. The van der Waals surface area contributed by atoms with Gasteiger partial charge in [-0.25, -0.2) is 0 Å². The molecule has 0 saturated carbocycles. The second-order valence-electron chi connectivity index (χ2n) is 4.68. The highest BCUT2D eigenvalue weighted by molar-refractivity contribution is 5.79. The molecule has 1 amide bonds. The number of nitrogens with one attached hydrogen (secondary N) is 1. The lowest BCUT2D eigenvalue weighted by Gasteiger charge is -2.14. The first-order valence-corrected chi connectivity index (χ1v) is 6.34. The van der Waals surface area contributed by atoms with Gasteiger partial charge in [0.25, 0.3) is 0 Å². The molecule has 0 aliphatic heterocycles. The summed E-state index contributed by atoms with van der Waals surface area (Å²) in [5.74, 6) is 0.686. The minimum atomic E-state index is -0.0225. The Morgan fingerprint density at radius 2 is 2.00 bits per heavy atom. The molecule has 100 valence electrons. The molecule has 0 radical (unpaired) electrons. The van der Waals surface area contributed by atoms with Crippen LogP contribution in [0.5, 0.6) is 0 Å². The number of amides is 1. The summed E-state index contributed by atoms with van der Waals surface area (Å²) in [5, 5.41) is 6.83. The minimum absolute atomic E-state index is 0.00540. The SMILES string of the molecule is Cc1noc(C)c1CC(=O)N[C@H](C)c1ccccc1. The zero-order chi connectivity index (χ0) is 13.8. The summed E-state index contributed by atoms with van der Waals surface area (Å²) < 4.78 is 5.06. The molecule has 1 N–H and O–H groups in total. The van der Waals surface area contributed by atoms with Crippen LogP contribution in [0.2, 0.25) is 0 Å². The van der Waals surface area contributed by atoms with E-state index in [4.69, 9.17) is 4.52 Å². The predicted molar refractivity (Wildman–Crippen MR) is 72.7 cm³/mol. The molecule has 1 aromatic heterocycles. The average Bonchev–Trinajstić information content (AvgIpc) is 2.71. The Balaban J connectivity index is 1.99. The molecule has 4 heteroatoms. The number of aromatic nitrogens is 1. The van der Waals surface area contributed by atoms with Gasteiger partial charge in [0.15, 0.2) is 0 Å². The number of rotatable bonds is 4. The van der Waals surface area contributed by atoms with Crippen LogP contribution < -0.4 is 5.32 Å². The predicted octanol–water partition coefficient (Wildman–Crippen LogP) is 2.71. The topological polar surface area (TPSA) is 55.1 Å². The highest BCUT2D eigenvalue weighted by Crippen LogP contribution is 2.15. The van der Waals surface area contributed by atoms with E-state index in [2.05, 4.69) is 10.5 Å². The number of carbonyl (C=O) groups is 1. The van der Waals surface area contributed by atoms with Crippen LogP contribution in [-0.2, 0) is 11.2 Å². The quantitative estimate of drug-likeness (QED) is 0.917. The van der Waals surface area contributed by atoms with E-state index in [-0.39, 0.29) is 11.9 Å². The maximum atomic E-state index is 12.0. The molecular formula is C15H18N2O2. The van der Waals surface area contributed by atoms with Gasteiger partial charge in [-0.15, -0.1) is 0 Å². The summed E-state index contributed by atoms with van der Waals surface area (Å²) in [6, 6.07) is 9.89. The average molecular weight is 258 g/mol. The van der Waals surface area contributed by atoms with Gasteiger partial charge in [-0.2, -0.15) is 0 Å². The van der Waals surface area contributed by atoms with E-state index in [1.807, 2.05) is 51.1 Å². The second kappa shape index (κ2) is 5.69. The first kappa shape index (κ1) is 13.3. The van der Waals surface area contributed by atoms with Crippen molar-refractivity contribution in [3.63, 3.8) is 0 Å². The van der Waals surface area contributed by atoms with Gasteiger partial charge in [0.05, 0.1) is 18.2 Å². The van der Waals surface area contributed by atoms with Crippen LogP contribution >= 0.6 is 0 Å². The third-order valence-electron chi connectivity index (χ3n) is 3.20. The van der Waals surface area contributed by atoms with E-state index in [1.54, 1.807) is 0 Å². The third-order valence-corrected chi connectivity index (χ3v) is 3.20. The molecule has 0 saturated heterocycles. The van der Waals surface area contributed by atoms with Crippen LogP contribution in [0, 0.1) is 13.8 Å². The Kier molecular flexibility index (Phi) is 4.00. The number of benzene rings is 1. The molecule has 4 nitrogen and oxygen atoms in total. The summed E-state index contributed by atoms with van der Waals surface area (Å²) in [5.41, 5.74) is 2.74. The van der Waals surface area contributed by atoms with Crippen LogP contribution in [-0.4, -0.2) is 11.1 Å². The summed E-state index contributed by atoms with van der Waals surface area (Å²) in [7, 11) is 0. The number of aryl methyl sites for hydroxylation is 2. The van der Waals surface area contributed by atoms with Crippen molar-refractivity contribution in [3.8, 4) is 0 Å². The van der Waals surface area contributed by atoms with Gasteiger partial charge in [-0.1, -0.05) is 35.5 Å². The first-order chi connectivity index (χ1) is 9.08. The molecule has 0 unspecified atom stereocenters. The second-order valence-corrected chi connectivity index (χ2v) is 4.68. The van der Waals surface area contributed by atoms with Gasteiger partial charge in [-0.05, 0) is 26.3 Å². The molecule has 1 atom stereocenters. The normalized spacial score (nSPS) is 12.2. The van der Waals surface area contributed by atoms with E-state index in [0.717, 1.165) is 16.8 Å². The maximum Gasteiger partial charge on any atom is 0.225 e. The molecule has 2 rings (SSSR count). The summed E-state index contributed by atoms with van der Waals surface area (Å²) in [6.45, 7) is 5.64. The molecule has 0 aliphatic carbocycles. The van der Waals surface area contributed by atoms with Crippen molar-refractivity contribution in [1.82, 2.24) is 10.5 Å². The van der Waals surface area contributed by atoms with Gasteiger partial charge >= 0.3 is 0 Å². The highest BCUT2D eigenvalue weighted by atomic mass is 16.5.